The van der Waals surface area contributed by atoms with Gasteiger partial charge in [0.05, 0.1) is 0 Å². The van der Waals surface area contributed by atoms with Crippen molar-refractivity contribution in [1.29, 1.82) is 0 Å². The van der Waals surface area contributed by atoms with Crippen molar-refractivity contribution in [2.75, 3.05) is 0 Å². The molecule has 498 valence electrons. The van der Waals surface area contributed by atoms with Gasteiger partial charge in [-0.15, -0.1) is 0 Å². The van der Waals surface area contributed by atoms with E-state index < -0.39 is 0 Å². The Hall–Kier alpha value is -16.6. The Bertz CT molecular complexity index is 6170. The van der Waals surface area contributed by atoms with E-state index in [1.165, 1.54) is 0 Å². The second-order valence-corrected chi connectivity index (χ2v) is 24.9. The molecule has 14 aromatic carbocycles. The van der Waals surface area contributed by atoms with Gasteiger partial charge in [-0.3, -0.25) is 0 Å². The van der Waals surface area contributed by atoms with E-state index in [1.807, 2.05) is 352 Å². The molecule has 0 fully saturated rings. The summed E-state index contributed by atoms with van der Waals surface area (Å²) in [4.78, 5) is 0. The summed E-state index contributed by atoms with van der Waals surface area (Å²) in [6.45, 7) is 0. The third-order valence-electron chi connectivity index (χ3n) is 16.7. The topological polar surface area (TPSA) is 0 Å². The summed E-state index contributed by atoms with van der Waals surface area (Å²) in [6, 6.07) is 116. The van der Waals surface area contributed by atoms with Crippen LogP contribution in [0.3, 0.4) is 0 Å². The molecule has 0 saturated carbocycles. The van der Waals surface area contributed by atoms with Crippen molar-refractivity contribution in [2.45, 2.75) is 0 Å². The minimum atomic E-state index is 0.906. The Kier molecular flexibility index (Phi) is 23.3. The first-order valence-electron chi connectivity index (χ1n) is 35.4. The molecule has 0 aromatic heterocycles. The Morgan fingerprint density at radius 1 is 0.0636 bits per heavy atom. The highest BCUT2D eigenvalue weighted by Crippen LogP contribution is 2.15. The van der Waals surface area contributed by atoms with Crippen LogP contribution in [0.4, 0.5) is 0 Å². The van der Waals surface area contributed by atoms with Gasteiger partial charge >= 0.3 is 0 Å². The van der Waals surface area contributed by atoms with Crippen LogP contribution in [-0.2, 0) is 0 Å². The van der Waals surface area contributed by atoms with E-state index in [1.54, 1.807) is 0 Å². The molecule has 110 heavy (non-hydrogen) atoms. The van der Waals surface area contributed by atoms with Crippen molar-refractivity contribution in [3.05, 3.63) is 496 Å². The van der Waals surface area contributed by atoms with E-state index in [9.17, 15) is 0 Å². The highest BCUT2D eigenvalue weighted by atomic mass is 14.0. The second-order valence-electron chi connectivity index (χ2n) is 24.9. The van der Waals surface area contributed by atoms with Crippen LogP contribution in [0.2, 0.25) is 0 Å². The molecule has 0 nitrogen and oxygen atoms in total. The summed E-state index contributed by atoms with van der Waals surface area (Å²) in [5.41, 5.74) is 24.0. The van der Waals surface area contributed by atoms with Crippen molar-refractivity contribution in [3.63, 3.8) is 0 Å². The van der Waals surface area contributed by atoms with Crippen LogP contribution in [-0.4, -0.2) is 0 Å². The van der Waals surface area contributed by atoms with Crippen LogP contribution >= 0.6 is 0 Å². The van der Waals surface area contributed by atoms with Crippen molar-refractivity contribution >= 4 is 0 Å². The number of hydrogen-bond acceptors (Lipinski definition) is 0. The zero-order valence-electron chi connectivity index (χ0n) is 59.5. The van der Waals surface area contributed by atoms with Gasteiger partial charge in [0, 0.05) is 145 Å². The first-order valence-corrected chi connectivity index (χ1v) is 35.4. The maximum Gasteiger partial charge on any atom is 0.0249 e. The molecule has 0 radical (unpaired) electrons. The van der Waals surface area contributed by atoms with E-state index in [-0.39, 0.29) is 0 Å². The van der Waals surface area contributed by atoms with Gasteiger partial charge in [0.1, 0.15) is 0 Å². The molecule has 0 heteroatoms. The van der Waals surface area contributed by atoms with Gasteiger partial charge in [-0.2, -0.15) is 0 Å². The first kappa shape index (κ1) is 70.4. The quantitative estimate of drug-likeness (QED) is 0.133. The monoisotopic (exact) mass is 1380 g/mol. The molecule has 0 aliphatic heterocycles. The molecule has 14 rings (SSSR count). The molecule has 0 amide bonds. The minimum Gasteiger partial charge on any atom is -0.0622 e. The number of benzene rings is 14. The Morgan fingerprint density at radius 2 is 0.118 bits per heavy atom. The van der Waals surface area contributed by atoms with E-state index in [0.29, 0.717) is 0 Å². The van der Waals surface area contributed by atoms with Crippen LogP contribution in [0.1, 0.15) is 145 Å². The Morgan fingerprint density at radius 3 is 0.182 bits per heavy atom. The molecule has 0 saturated heterocycles. The third kappa shape index (κ3) is 21.9. The lowest BCUT2D eigenvalue weighted by atomic mass is 10.1. The molecule has 0 aliphatic carbocycles. The molecule has 0 N–H and O–H groups in total. The summed E-state index contributed by atoms with van der Waals surface area (Å²) in [6.07, 6.45) is 0. The van der Waals surface area contributed by atoms with Crippen LogP contribution in [0.15, 0.2) is 352 Å². The normalized spacial score (nSPS) is 9.42. The smallest absolute Gasteiger partial charge is 0.0249 e. The van der Waals surface area contributed by atoms with E-state index in [0.717, 1.165) is 145 Å². The van der Waals surface area contributed by atoms with Crippen LogP contribution in [0.25, 0.3) is 0 Å². The number of rotatable bonds is 0. The highest BCUT2D eigenvalue weighted by Gasteiger charge is 2.01. The summed E-state index contributed by atoms with van der Waals surface area (Å²) in [5, 5.41) is 0. The highest BCUT2D eigenvalue weighted by molar-refractivity contribution is 5.58. The summed E-state index contributed by atoms with van der Waals surface area (Å²) in [7, 11) is 0. The lowest BCUT2D eigenvalue weighted by Gasteiger charge is -1.95. The standard InChI is InChI=1S/C110H58/c1-3-7-85(8-4-1)11-13-87-15-19-89(20-16-87)23-25-91-27-31-93(32-28-91)35-37-95-39-43-97(44-40-95)47-49-99-51-55-101(56-52-99)59-61-103-63-67-105(68-64-103)71-73-107-75-79-109(80-76-107)83-84-110-81-77-108(78-82-110)74-72-106-69-65-104(66-70-106)62-60-102-57-53-100(54-58-102)50-48-98-45-41-96(42-46-98)38-36-94-33-29-92(30-34-94)26-24-90-21-17-88(18-22-90)14-12-86-9-5-2-6-10-86/h1-10,15-22,27-34,39-46,51-58,63-70,75-82H. The molecule has 0 atom stereocenters. The predicted molar refractivity (Wildman–Crippen MR) is 448 cm³/mol. The van der Waals surface area contributed by atoms with Gasteiger partial charge in [0.25, 0.3) is 0 Å². The van der Waals surface area contributed by atoms with Crippen molar-refractivity contribution in [1.82, 2.24) is 0 Å². The van der Waals surface area contributed by atoms with Gasteiger partial charge in [-0.1, -0.05) is 190 Å². The van der Waals surface area contributed by atoms with Gasteiger partial charge < -0.3 is 0 Å². The molecular formula is C110H58. The minimum absolute atomic E-state index is 0.906. The zero-order valence-corrected chi connectivity index (χ0v) is 59.5. The van der Waals surface area contributed by atoms with E-state index in [4.69, 9.17) is 0 Å². The Balaban J connectivity index is 0.484. The average molecular weight is 1380 g/mol. The summed E-state index contributed by atoms with van der Waals surface area (Å²) >= 11 is 0. The second kappa shape index (κ2) is 36.5. The molecular weight excluding hydrogens is 1320 g/mol. The van der Waals surface area contributed by atoms with Crippen molar-refractivity contribution in [3.8, 4) is 154 Å². The van der Waals surface area contributed by atoms with Gasteiger partial charge in [0.2, 0.25) is 0 Å². The summed E-state index contributed by atoms with van der Waals surface area (Å²) < 4.78 is 0. The van der Waals surface area contributed by atoms with Gasteiger partial charge in [0.15, 0.2) is 0 Å². The molecule has 0 bridgehead atoms. The largest absolute Gasteiger partial charge is 0.0622 e. The van der Waals surface area contributed by atoms with E-state index >= 15 is 0 Å². The fourth-order valence-corrected chi connectivity index (χ4v) is 10.6. The van der Waals surface area contributed by atoms with Crippen molar-refractivity contribution in [2.24, 2.45) is 0 Å². The molecule has 0 unspecified atom stereocenters. The van der Waals surface area contributed by atoms with Gasteiger partial charge in [-0.05, 0) is 315 Å². The maximum absolute atomic E-state index is 3.27. The fraction of sp³-hybridized carbons (Fsp3) is 0. The van der Waals surface area contributed by atoms with Gasteiger partial charge in [-0.25, -0.2) is 0 Å². The average Bonchev–Trinajstić information content (AvgIpc) is 0.887. The van der Waals surface area contributed by atoms with Crippen LogP contribution in [0.5, 0.6) is 0 Å². The molecule has 14 aromatic rings. The van der Waals surface area contributed by atoms with E-state index in [2.05, 4.69) is 154 Å². The lowest BCUT2D eigenvalue weighted by Crippen LogP contribution is -1.82. The predicted octanol–water partition coefficient (Wildman–Crippen LogP) is 19.9. The van der Waals surface area contributed by atoms with Crippen LogP contribution in [0, 0.1) is 154 Å². The molecule has 0 aliphatic rings. The molecule has 0 heterocycles. The van der Waals surface area contributed by atoms with Crippen molar-refractivity contribution < 1.29 is 0 Å². The third-order valence-corrected chi connectivity index (χ3v) is 16.7. The lowest BCUT2D eigenvalue weighted by molar-refractivity contribution is 1.57. The fourth-order valence-electron chi connectivity index (χ4n) is 10.6. The first-order chi connectivity index (χ1) is 54.3. The SMILES string of the molecule is C(#Cc1ccc(C#Cc2ccc(C#Cc3ccc(C#Cc4ccc(C#Cc5ccc(C#Cc6ccc(C#Cc7ccc(C#Cc8ccc(C#Cc9ccc(C#Cc%10ccc(C#Cc%11ccc(C#Cc%12ccc(C#Cc%13ccccc%13)cc%12)cc%11)cc%10)cc9)cc8)cc7)cc6)cc5)cc4)cc3)cc2)cc1)c1ccccc1. The maximum atomic E-state index is 3.27. The van der Waals surface area contributed by atoms with Crippen LogP contribution < -0.4 is 0 Å². The Labute approximate surface area is 646 Å². The number of hydrogen-bond donors (Lipinski definition) is 0. The molecule has 0 spiro atoms. The zero-order chi connectivity index (χ0) is 74.4. The summed E-state index contributed by atoms with van der Waals surface area (Å²) in [5.74, 6) is 84.6.